The molecule has 0 aromatic heterocycles. The molecule has 0 fully saturated rings. The standard InChI is InChI=1S/C12H22N/c1-4-6-8-10-12-13(3)11-9-7-5-2/h4,6,9,11-12H,5,7-8,10H2,1-3H3/q+1/b6-4-,11-9+,13-12-. The second kappa shape index (κ2) is 9.24. The van der Waals surface area contributed by atoms with Gasteiger partial charge in [0, 0.05) is 6.42 Å². The molecular formula is C12H22N+. The van der Waals surface area contributed by atoms with Crippen LogP contribution >= 0.6 is 0 Å². The van der Waals surface area contributed by atoms with Crippen molar-refractivity contribution in [3.05, 3.63) is 24.4 Å². The molecule has 0 radical (unpaired) electrons. The van der Waals surface area contributed by atoms with E-state index >= 15 is 0 Å². The first-order valence-electron chi connectivity index (χ1n) is 5.14. The molecule has 0 aromatic rings. The summed E-state index contributed by atoms with van der Waals surface area (Å²) < 4.78 is 2.14. The first kappa shape index (κ1) is 12.2. The first-order chi connectivity index (χ1) is 6.31. The van der Waals surface area contributed by atoms with Crippen molar-refractivity contribution in [3.63, 3.8) is 0 Å². The van der Waals surface area contributed by atoms with E-state index in [0.29, 0.717) is 0 Å². The molecule has 0 saturated heterocycles. The van der Waals surface area contributed by atoms with Crippen LogP contribution in [0.3, 0.4) is 0 Å². The Bertz CT molecular complexity index is 187. The summed E-state index contributed by atoms with van der Waals surface area (Å²) in [4.78, 5) is 0. The SMILES string of the molecule is C/C=C\CC/C=[N+](C)\C=C\CCC. The molecule has 1 heteroatoms. The van der Waals surface area contributed by atoms with Gasteiger partial charge in [0.1, 0.15) is 13.3 Å². The molecular weight excluding hydrogens is 158 g/mol. The summed E-state index contributed by atoms with van der Waals surface area (Å²) in [6.45, 7) is 4.25. The highest BCUT2D eigenvalue weighted by molar-refractivity contribution is 5.51. The molecule has 13 heavy (non-hydrogen) atoms. The predicted octanol–water partition coefficient (Wildman–Crippen LogP) is 3.37. The van der Waals surface area contributed by atoms with Crippen LogP contribution in [0.4, 0.5) is 0 Å². The van der Waals surface area contributed by atoms with Gasteiger partial charge < -0.3 is 0 Å². The van der Waals surface area contributed by atoms with Crippen LogP contribution in [0, 0.1) is 0 Å². The third-order valence-corrected chi connectivity index (χ3v) is 1.78. The van der Waals surface area contributed by atoms with Gasteiger partial charge in [0.15, 0.2) is 6.20 Å². The Morgan fingerprint density at radius 1 is 1.08 bits per heavy atom. The maximum absolute atomic E-state index is 2.21. The molecule has 0 unspecified atom stereocenters. The van der Waals surface area contributed by atoms with Crippen molar-refractivity contribution in [1.82, 2.24) is 0 Å². The fraction of sp³-hybridized carbons (Fsp3) is 0.583. The highest BCUT2D eigenvalue weighted by Crippen LogP contribution is 1.90. The largest absolute Gasteiger partial charge is 0.212 e. The van der Waals surface area contributed by atoms with Crippen LogP contribution < -0.4 is 0 Å². The lowest BCUT2D eigenvalue weighted by molar-refractivity contribution is -0.418. The van der Waals surface area contributed by atoms with Crippen molar-refractivity contribution in [1.29, 1.82) is 0 Å². The van der Waals surface area contributed by atoms with Crippen LogP contribution in [0.5, 0.6) is 0 Å². The lowest BCUT2D eigenvalue weighted by Crippen LogP contribution is -1.97. The summed E-state index contributed by atoms with van der Waals surface area (Å²) >= 11 is 0. The van der Waals surface area contributed by atoms with Crippen LogP contribution in [-0.2, 0) is 0 Å². The summed E-state index contributed by atoms with van der Waals surface area (Å²) in [6.07, 6.45) is 15.5. The van der Waals surface area contributed by atoms with E-state index in [-0.39, 0.29) is 0 Å². The Hall–Kier alpha value is -0.850. The van der Waals surface area contributed by atoms with Gasteiger partial charge in [0.05, 0.1) is 0 Å². The quantitative estimate of drug-likeness (QED) is 0.255. The second-order valence-corrected chi connectivity index (χ2v) is 3.17. The summed E-state index contributed by atoms with van der Waals surface area (Å²) in [7, 11) is 2.09. The molecule has 0 aromatic carbocycles. The molecule has 0 heterocycles. The minimum absolute atomic E-state index is 1.12. The molecule has 0 bridgehead atoms. The molecule has 0 amide bonds. The molecule has 74 valence electrons. The van der Waals surface area contributed by atoms with E-state index in [4.69, 9.17) is 0 Å². The van der Waals surface area contributed by atoms with E-state index in [9.17, 15) is 0 Å². The van der Waals surface area contributed by atoms with Gasteiger partial charge in [-0.1, -0.05) is 25.5 Å². The zero-order valence-corrected chi connectivity index (χ0v) is 9.16. The normalized spacial score (nSPS) is 13.3. The Kier molecular flexibility index (Phi) is 8.64. The maximum atomic E-state index is 2.21. The average Bonchev–Trinajstić information content (AvgIpc) is 2.13. The molecule has 0 spiro atoms. The molecule has 0 aliphatic heterocycles. The number of rotatable bonds is 6. The summed E-state index contributed by atoms with van der Waals surface area (Å²) in [5.74, 6) is 0. The van der Waals surface area contributed by atoms with E-state index in [0.717, 1.165) is 12.8 Å². The number of allylic oxidation sites excluding steroid dienone is 3. The molecule has 0 aliphatic carbocycles. The third kappa shape index (κ3) is 9.06. The molecule has 0 rings (SSSR count). The van der Waals surface area contributed by atoms with Gasteiger partial charge in [-0.2, -0.15) is 0 Å². The van der Waals surface area contributed by atoms with Gasteiger partial charge in [0.2, 0.25) is 0 Å². The predicted molar refractivity (Wildman–Crippen MR) is 60.3 cm³/mol. The van der Waals surface area contributed by atoms with E-state index in [1.54, 1.807) is 0 Å². The van der Waals surface area contributed by atoms with Crippen LogP contribution in [0.25, 0.3) is 0 Å². The minimum atomic E-state index is 1.12. The topological polar surface area (TPSA) is 3.01 Å². The fourth-order valence-electron chi connectivity index (χ4n) is 1.01. The number of unbranched alkanes of at least 4 members (excludes halogenated alkanes) is 2. The molecule has 0 aliphatic rings. The molecule has 1 nitrogen and oxygen atoms in total. The van der Waals surface area contributed by atoms with E-state index < -0.39 is 0 Å². The van der Waals surface area contributed by atoms with Crippen molar-refractivity contribution in [3.8, 4) is 0 Å². The summed E-state index contributed by atoms with van der Waals surface area (Å²) in [5, 5.41) is 0. The van der Waals surface area contributed by atoms with Gasteiger partial charge in [-0.25, -0.2) is 4.58 Å². The smallest absolute Gasteiger partial charge is 0.164 e. The first-order valence-corrected chi connectivity index (χ1v) is 5.14. The van der Waals surface area contributed by atoms with Gasteiger partial charge in [0.25, 0.3) is 0 Å². The Morgan fingerprint density at radius 2 is 1.85 bits per heavy atom. The lowest BCUT2D eigenvalue weighted by atomic mass is 10.3. The molecule has 0 saturated carbocycles. The maximum Gasteiger partial charge on any atom is 0.164 e. The van der Waals surface area contributed by atoms with Crippen LogP contribution in [0.1, 0.15) is 39.5 Å². The van der Waals surface area contributed by atoms with Crippen molar-refractivity contribution in [2.45, 2.75) is 39.5 Å². The fourth-order valence-corrected chi connectivity index (χ4v) is 1.01. The van der Waals surface area contributed by atoms with Crippen molar-refractivity contribution >= 4 is 6.21 Å². The van der Waals surface area contributed by atoms with Crippen LogP contribution in [-0.4, -0.2) is 17.8 Å². The molecule has 0 N–H and O–H groups in total. The zero-order chi connectivity index (χ0) is 9.94. The van der Waals surface area contributed by atoms with E-state index in [1.165, 1.54) is 12.8 Å². The van der Waals surface area contributed by atoms with E-state index in [2.05, 4.69) is 56.1 Å². The van der Waals surface area contributed by atoms with Crippen LogP contribution in [0.15, 0.2) is 24.4 Å². The van der Waals surface area contributed by atoms with Gasteiger partial charge in [-0.05, 0) is 25.8 Å². The van der Waals surface area contributed by atoms with Gasteiger partial charge in [-0.3, -0.25) is 0 Å². The minimum Gasteiger partial charge on any atom is -0.212 e. The highest BCUT2D eigenvalue weighted by Gasteiger charge is 1.87. The third-order valence-electron chi connectivity index (χ3n) is 1.78. The highest BCUT2D eigenvalue weighted by atomic mass is 14.9. The second-order valence-electron chi connectivity index (χ2n) is 3.17. The lowest BCUT2D eigenvalue weighted by Gasteiger charge is -1.87. The van der Waals surface area contributed by atoms with Crippen molar-refractivity contribution in [2.24, 2.45) is 0 Å². The Balaban J connectivity index is 3.62. The van der Waals surface area contributed by atoms with Crippen molar-refractivity contribution in [2.75, 3.05) is 7.05 Å². The molecule has 0 atom stereocenters. The monoisotopic (exact) mass is 180 g/mol. The van der Waals surface area contributed by atoms with Gasteiger partial charge >= 0.3 is 0 Å². The number of hydrogen-bond donors (Lipinski definition) is 0. The Morgan fingerprint density at radius 3 is 2.46 bits per heavy atom. The number of nitrogens with zero attached hydrogens (tertiary/aromatic N) is 1. The summed E-state index contributed by atoms with van der Waals surface area (Å²) in [5.41, 5.74) is 0. The summed E-state index contributed by atoms with van der Waals surface area (Å²) in [6, 6.07) is 0. The van der Waals surface area contributed by atoms with Crippen molar-refractivity contribution < 1.29 is 4.58 Å². The average molecular weight is 180 g/mol. The van der Waals surface area contributed by atoms with Crippen LogP contribution in [0.2, 0.25) is 0 Å². The number of hydrogen-bond acceptors (Lipinski definition) is 0. The Labute approximate surface area is 82.5 Å². The zero-order valence-electron chi connectivity index (χ0n) is 9.16. The van der Waals surface area contributed by atoms with E-state index in [1.807, 2.05) is 0 Å². The van der Waals surface area contributed by atoms with Gasteiger partial charge in [-0.15, -0.1) is 0 Å².